The quantitative estimate of drug-likeness (QED) is 0.746. The fraction of sp³-hybridized carbons (Fsp3) is 0.619. The first-order valence-electron chi connectivity index (χ1n) is 9.83. The number of ether oxygens (including phenoxy) is 2. The Hall–Kier alpha value is -2.12. The Morgan fingerprint density at radius 2 is 2.00 bits per heavy atom. The molecule has 1 aromatic rings. The number of carbonyl (C=O) groups excluding carboxylic acids is 1. The molecule has 28 heavy (non-hydrogen) atoms. The van der Waals surface area contributed by atoms with E-state index < -0.39 is 6.09 Å². The van der Waals surface area contributed by atoms with Gasteiger partial charge in [-0.05, 0) is 29.5 Å². The molecular weight excluding hydrogens is 360 g/mol. The first-order valence-corrected chi connectivity index (χ1v) is 9.83. The van der Waals surface area contributed by atoms with Crippen molar-refractivity contribution >= 4 is 12.1 Å². The average molecular weight is 388 g/mol. The van der Waals surface area contributed by atoms with Gasteiger partial charge in [-0.1, -0.05) is 26.8 Å². The summed E-state index contributed by atoms with van der Waals surface area (Å²) < 4.78 is 11.6. The molecule has 3 aliphatic heterocycles. The van der Waals surface area contributed by atoms with Crippen molar-refractivity contribution in [1.82, 2.24) is 9.80 Å². The van der Waals surface area contributed by atoms with E-state index >= 15 is 0 Å². The van der Waals surface area contributed by atoms with E-state index in [0.717, 1.165) is 16.7 Å². The molecule has 0 saturated carbocycles. The fourth-order valence-electron chi connectivity index (χ4n) is 4.92. The maximum Gasteiger partial charge on any atom is 0.407 e. The molecular formula is C21H28N2O5. The van der Waals surface area contributed by atoms with E-state index in [4.69, 9.17) is 9.47 Å². The number of carbonyl (C=O) groups is 2. The van der Waals surface area contributed by atoms with E-state index in [1.165, 1.54) is 4.90 Å². The highest BCUT2D eigenvalue weighted by molar-refractivity contribution is 5.94. The molecule has 2 fully saturated rings. The van der Waals surface area contributed by atoms with Gasteiger partial charge in [0.2, 0.25) is 0 Å². The van der Waals surface area contributed by atoms with Gasteiger partial charge in [0.05, 0.1) is 24.3 Å². The van der Waals surface area contributed by atoms with Gasteiger partial charge in [-0.15, -0.1) is 0 Å². The predicted octanol–water partition coefficient (Wildman–Crippen LogP) is 2.82. The molecule has 0 aliphatic carbocycles. The Labute approximate surface area is 165 Å². The zero-order valence-electron chi connectivity index (χ0n) is 16.9. The molecule has 0 bridgehead atoms. The summed E-state index contributed by atoms with van der Waals surface area (Å²) >= 11 is 0. The maximum atomic E-state index is 11.9. The number of esters is 1. The minimum absolute atomic E-state index is 0.0602. The second-order valence-corrected chi connectivity index (χ2v) is 9.07. The van der Waals surface area contributed by atoms with E-state index in [2.05, 4.69) is 25.7 Å². The van der Waals surface area contributed by atoms with Crippen LogP contribution in [0, 0.1) is 12.3 Å². The van der Waals surface area contributed by atoms with Gasteiger partial charge >= 0.3 is 12.1 Å². The second-order valence-electron chi connectivity index (χ2n) is 9.07. The van der Waals surface area contributed by atoms with Gasteiger partial charge in [0.15, 0.2) is 0 Å². The summed E-state index contributed by atoms with van der Waals surface area (Å²) in [5.41, 5.74) is 3.70. The molecule has 3 atom stereocenters. The van der Waals surface area contributed by atoms with E-state index in [0.29, 0.717) is 38.4 Å². The third-order valence-electron chi connectivity index (χ3n) is 6.31. The molecule has 0 spiro atoms. The van der Waals surface area contributed by atoms with Crippen molar-refractivity contribution in [3.8, 4) is 0 Å². The van der Waals surface area contributed by atoms with Crippen LogP contribution in [0.2, 0.25) is 0 Å². The monoisotopic (exact) mass is 388 g/mol. The SMILES string of the molecule is Cc1c([C@@H]2OC[C@@H]3CN(C(=O)O)CCN3[C@H]2C(C)(C)C)ccc2c1COC2=O. The number of morpholine rings is 1. The number of carboxylic acid groups (broad SMARTS) is 1. The predicted molar refractivity (Wildman–Crippen MR) is 102 cm³/mol. The molecule has 7 nitrogen and oxygen atoms in total. The molecule has 0 radical (unpaired) electrons. The second kappa shape index (κ2) is 6.74. The Balaban J connectivity index is 1.69. The first kappa shape index (κ1) is 19.2. The van der Waals surface area contributed by atoms with Gasteiger partial charge in [-0.25, -0.2) is 9.59 Å². The lowest BCUT2D eigenvalue weighted by molar-refractivity contribution is -0.153. The topological polar surface area (TPSA) is 79.3 Å². The standard InChI is InChI=1S/C21H28N2O5/c1-12-14(5-6-15-16(12)11-28-19(15)24)17-18(21(2,3)4)23-8-7-22(20(25)26)9-13(23)10-27-17/h5-6,13,17-18H,7-11H2,1-4H3,(H,25,26)/t13-,17-,18+/m0/s1. The summed E-state index contributed by atoms with van der Waals surface area (Å²) in [6.45, 7) is 11.1. The van der Waals surface area contributed by atoms with Gasteiger partial charge in [-0.2, -0.15) is 0 Å². The maximum absolute atomic E-state index is 11.9. The number of nitrogens with zero attached hydrogens (tertiary/aromatic N) is 2. The molecule has 7 heteroatoms. The zero-order chi connectivity index (χ0) is 20.2. The van der Waals surface area contributed by atoms with Crippen molar-refractivity contribution < 1.29 is 24.2 Å². The Morgan fingerprint density at radius 3 is 2.68 bits per heavy atom. The summed E-state index contributed by atoms with van der Waals surface area (Å²) in [6.07, 6.45) is -0.998. The lowest BCUT2D eigenvalue weighted by Gasteiger charge is -2.54. The van der Waals surface area contributed by atoms with Gasteiger partial charge in [-0.3, -0.25) is 4.90 Å². The Bertz CT molecular complexity index is 816. The molecule has 1 N–H and O–H groups in total. The van der Waals surface area contributed by atoms with E-state index in [9.17, 15) is 14.7 Å². The van der Waals surface area contributed by atoms with Gasteiger partial charge < -0.3 is 19.5 Å². The van der Waals surface area contributed by atoms with Crippen LogP contribution in [0.1, 0.15) is 53.9 Å². The summed E-state index contributed by atoms with van der Waals surface area (Å²) in [6, 6.07) is 4.02. The highest BCUT2D eigenvalue weighted by Gasteiger charge is 2.47. The minimum atomic E-state index is -0.867. The van der Waals surface area contributed by atoms with Crippen molar-refractivity contribution in [2.45, 2.75) is 52.5 Å². The number of cyclic esters (lactones) is 1. The highest BCUT2D eigenvalue weighted by atomic mass is 16.5. The number of hydrogen-bond donors (Lipinski definition) is 1. The number of rotatable bonds is 1. The summed E-state index contributed by atoms with van der Waals surface area (Å²) in [5.74, 6) is -0.258. The number of piperazine rings is 1. The Kier molecular flexibility index (Phi) is 4.62. The molecule has 1 amide bonds. The van der Waals surface area contributed by atoms with Crippen LogP contribution in [0.3, 0.4) is 0 Å². The van der Waals surface area contributed by atoms with Crippen LogP contribution >= 0.6 is 0 Å². The van der Waals surface area contributed by atoms with Gasteiger partial charge in [0, 0.05) is 31.2 Å². The molecule has 2 saturated heterocycles. The molecule has 3 heterocycles. The van der Waals surface area contributed by atoms with Crippen molar-refractivity contribution in [3.05, 3.63) is 34.4 Å². The van der Waals surface area contributed by atoms with Crippen molar-refractivity contribution in [1.29, 1.82) is 0 Å². The van der Waals surface area contributed by atoms with Crippen LogP contribution in [-0.2, 0) is 16.1 Å². The summed E-state index contributed by atoms with van der Waals surface area (Å²) in [4.78, 5) is 27.2. The third-order valence-corrected chi connectivity index (χ3v) is 6.31. The molecule has 1 aromatic carbocycles. The summed E-state index contributed by atoms with van der Waals surface area (Å²) in [5, 5.41) is 9.36. The summed E-state index contributed by atoms with van der Waals surface area (Å²) in [7, 11) is 0. The highest BCUT2D eigenvalue weighted by Crippen LogP contribution is 2.43. The fourth-order valence-corrected chi connectivity index (χ4v) is 4.92. The molecule has 0 aromatic heterocycles. The largest absolute Gasteiger partial charge is 0.465 e. The van der Waals surface area contributed by atoms with Gasteiger partial charge in [0.25, 0.3) is 0 Å². The van der Waals surface area contributed by atoms with Crippen LogP contribution in [0.5, 0.6) is 0 Å². The van der Waals surface area contributed by atoms with Crippen molar-refractivity contribution in [2.24, 2.45) is 5.41 Å². The first-order chi connectivity index (χ1) is 13.2. The molecule has 152 valence electrons. The zero-order valence-corrected chi connectivity index (χ0v) is 16.9. The van der Waals surface area contributed by atoms with E-state index in [1.54, 1.807) is 0 Å². The van der Waals surface area contributed by atoms with Crippen LogP contribution in [0.25, 0.3) is 0 Å². The third kappa shape index (κ3) is 3.06. The average Bonchev–Trinajstić information content (AvgIpc) is 3.01. The van der Waals surface area contributed by atoms with Crippen LogP contribution in [0.15, 0.2) is 12.1 Å². The van der Waals surface area contributed by atoms with Crippen molar-refractivity contribution in [3.63, 3.8) is 0 Å². The number of benzene rings is 1. The number of amides is 1. The number of hydrogen-bond acceptors (Lipinski definition) is 5. The lowest BCUT2D eigenvalue weighted by atomic mass is 9.76. The smallest absolute Gasteiger partial charge is 0.407 e. The lowest BCUT2D eigenvalue weighted by Crippen LogP contribution is -2.65. The minimum Gasteiger partial charge on any atom is -0.465 e. The molecule has 0 unspecified atom stereocenters. The van der Waals surface area contributed by atoms with Crippen molar-refractivity contribution in [2.75, 3.05) is 26.2 Å². The van der Waals surface area contributed by atoms with E-state index in [1.807, 2.05) is 19.1 Å². The normalized spacial score (nSPS) is 27.9. The van der Waals surface area contributed by atoms with E-state index in [-0.39, 0.29) is 29.6 Å². The van der Waals surface area contributed by atoms with Crippen LogP contribution < -0.4 is 0 Å². The Morgan fingerprint density at radius 1 is 1.25 bits per heavy atom. The van der Waals surface area contributed by atoms with Crippen LogP contribution in [0.4, 0.5) is 4.79 Å². The molecule has 3 aliphatic rings. The van der Waals surface area contributed by atoms with Gasteiger partial charge in [0.1, 0.15) is 6.61 Å². The molecule has 4 rings (SSSR count). The number of fused-ring (bicyclic) bond motifs is 2. The van der Waals surface area contributed by atoms with Crippen LogP contribution in [-0.4, -0.2) is 65.3 Å².